The number of hydrogen-bond donors (Lipinski definition) is 1. The first-order chi connectivity index (χ1) is 9.72. The van der Waals surface area contributed by atoms with E-state index in [1.54, 1.807) is 0 Å². The fourth-order valence-corrected chi connectivity index (χ4v) is 3.35. The molecule has 3 aliphatic rings. The molecule has 4 nitrogen and oxygen atoms in total. The van der Waals surface area contributed by atoms with Crippen LogP contribution in [0.25, 0.3) is 0 Å². The lowest BCUT2D eigenvalue weighted by atomic mass is 10.0. The maximum absolute atomic E-state index is 10.4. The monoisotopic (exact) mass is 280 g/mol. The third-order valence-corrected chi connectivity index (χ3v) is 4.55. The summed E-state index contributed by atoms with van der Waals surface area (Å²) in [6, 6.07) is 0.843. The van der Waals surface area contributed by atoms with E-state index in [0.717, 1.165) is 38.3 Å². The van der Waals surface area contributed by atoms with Crippen LogP contribution in [0.15, 0.2) is 0 Å². The minimum absolute atomic E-state index is 0.352. The number of fused-ring (bicyclic) bond motifs is 1. The van der Waals surface area contributed by atoms with Gasteiger partial charge in [0.05, 0.1) is 12.1 Å². The highest BCUT2D eigenvalue weighted by Gasteiger charge is 2.37. The van der Waals surface area contributed by atoms with Crippen molar-refractivity contribution >= 4 is 6.41 Å². The molecule has 0 aromatic heterocycles. The highest BCUT2D eigenvalue weighted by atomic mass is 16.5. The lowest BCUT2D eigenvalue weighted by molar-refractivity contribution is -0.118. The van der Waals surface area contributed by atoms with Gasteiger partial charge in [0, 0.05) is 19.2 Å². The van der Waals surface area contributed by atoms with Crippen LogP contribution in [0.4, 0.5) is 0 Å². The zero-order chi connectivity index (χ0) is 15.0. The molecule has 114 valence electrons. The molecule has 0 aromatic rings. The molecule has 4 heteroatoms. The standard InChI is InChI=1S/C7H11NO2.C7H15N.C2H2/c9-5-8-3-1-7-6(8)2-4-10-7;1-6(8)7-4-2-3-5-7;1-2/h5-7H,1-4H2;6-7H,2-5,8H2,1H3;1-2H/t6-,7-;;/m1../s1. The second-order valence-electron chi connectivity index (χ2n) is 5.80. The van der Waals surface area contributed by atoms with Crippen molar-refractivity contribution in [2.24, 2.45) is 11.7 Å². The Hall–Kier alpha value is -1.05. The summed E-state index contributed by atoms with van der Waals surface area (Å²) in [5, 5.41) is 0. The van der Waals surface area contributed by atoms with Gasteiger partial charge < -0.3 is 15.4 Å². The van der Waals surface area contributed by atoms with Gasteiger partial charge in [0.15, 0.2) is 0 Å². The molecule has 1 amide bonds. The van der Waals surface area contributed by atoms with Crippen LogP contribution in [-0.4, -0.2) is 42.6 Å². The van der Waals surface area contributed by atoms with Gasteiger partial charge in [-0.05, 0) is 38.5 Å². The SMILES string of the molecule is C#C.CC(N)C1CCCC1.O=CN1CC[C@H]2OCC[C@H]21. The summed E-state index contributed by atoms with van der Waals surface area (Å²) in [6.45, 7) is 3.84. The lowest BCUT2D eigenvalue weighted by Gasteiger charge is -2.15. The van der Waals surface area contributed by atoms with E-state index in [0.29, 0.717) is 18.2 Å². The Labute approximate surface area is 123 Å². The fourth-order valence-electron chi connectivity index (χ4n) is 3.35. The van der Waals surface area contributed by atoms with Crippen molar-refractivity contribution in [1.29, 1.82) is 0 Å². The van der Waals surface area contributed by atoms with Gasteiger partial charge in [0.25, 0.3) is 0 Å². The van der Waals surface area contributed by atoms with E-state index >= 15 is 0 Å². The van der Waals surface area contributed by atoms with Gasteiger partial charge in [0.2, 0.25) is 6.41 Å². The van der Waals surface area contributed by atoms with E-state index in [1.165, 1.54) is 25.7 Å². The lowest BCUT2D eigenvalue weighted by Crippen LogP contribution is -2.30. The summed E-state index contributed by atoms with van der Waals surface area (Å²) in [7, 11) is 0. The van der Waals surface area contributed by atoms with Crippen molar-refractivity contribution in [3.8, 4) is 12.8 Å². The molecular formula is C16H28N2O2. The topological polar surface area (TPSA) is 55.6 Å². The number of rotatable bonds is 2. The second-order valence-corrected chi connectivity index (χ2v) is 5.80. The summed E-state index contributed by atoms with van der Waals surface area (Å²) < 4.78 is 5.41. The van der Waals surface area contributed by atoms with Crippen LogP contribution in [0.1, 0.15) is 45.4 Å². The summed E-state index contributed by atoms with van der Waals surface area (Å²) in [5.41, 5.74) is 5.70. The third kappa shape index (κ3) is 4.50. The quantitative estimate of drug-likeness (QED) is 0.619. The zero-order valence-electron chi connectivity index (χ0n) is 12.5. The van der Waals surface area contributed by atoms with Crippen molar-refractivity contribution in [2.75, 3.05) is 13.2 Å². The van der Waals surface area contributed by atoms with Gasteiger partial charge in [0.1, 0.15) is 0 Å². The van der Waals surface area contributed by atoms with Crippen molar-refractivity contribution in [2.45, 2.75) is 63.6 Å². The Morgan fingerprint density at radius 3 is 2.40 bits per heavy atom. The first kappa shape index (κ1) is 17.0. The number of hydrogen-bond acceptors (Lipinski definition) is 3. The van der Waals surface area contributed by atoms with Gasteiger partial charge in [-0.25, -0.2) is 0 Å². The number of ether oxygens (including phenoxy) is 1. The molecule has 0 aromatic carbocycles. The van der Waals surface area contributed by atoms with E-state index in [4.69, 9.17) is 10.5 Å². The first-order valence-corrected chi connectivity index (χ1v) is 7.64. The highest BCUT2D eigenvalue weighted by Crippen LogP contribution is 2.27. The van der Waals surface area contributed by atoms with Crippen LogP contribution in [0.5, 0.6) is 0 Å². The number of nitrogens with two attached hydrogens (primary N) is 1. The van der Waals surface area contributed by atoms with Crippen LogP contribution in [0.2, 0.25) is 0 Å². The Bertz CT molecular complexity index is 298. The molecule has 2 heterocycles. The largest absolute Gasteiger partial charge is 0.376 e. The minimum Gasteiger partial charge on any atom is -0.376 e. The molecule has 1 aliphatic carbocycles. The van der Waals surface area contributed by atoms with Crippen LogP contribution in [0.3, 0.4) is 0 Å². The van der Waals surface area contributed by atoms with E-state index in [2.05, 4.69) is 19.8 Å². The van der Waals surface area contributed by atoms with Crippen LogP contribution < -0.4 is 5.73 Å². The van der Waals surface area contributed by atoms with Gasteiger partial charge in [-0.1, -0.05) is 12.8 Å². The van der Waals surface area contributed by atoms with E-state index < -0.39 is 0 Å². The smallest absolute Gasteiger partial charge is 0.210 e. The Morgan fingerprint density at radius 2 is 1.90 bits per heavy atom. The number of carbonyl (C=O) groups excluding carboxylic acids is 1. The number of likely N-dealkylation sites (tertiary alicyclic amines) is 1. The van der Waals surface area contributed by atoms with Crippen molar-refractivity contribution < 1.29 is 9.53 Å². The number of nitrogens with zero attached hydrogens (tertiary/aromatic N) is 1. The van der Waals surface area contributed by atoms with Crippen molar-refractivity contribution in [1.82, 2.24) is 4.90 Å². The van der Waals surface area contributed by atoms with Gasteiger partial charge in [-0.2, -0.15) is 0 Å². The Balaban J connectivity index is 0.000000182. The summed E-state index contributed by atoms with van der Waals surface area (Å²) in [5.74, 6) is 0.843. The van der Waals surface area contributed by atoms with Gasteiger partial charge >= 0.3 is 0 Å². The number of carbonyl (C=O) groups is 1. The molecule has 3 atom stereocenters. The Kier molecular flexibility index (Phi) is 7.64. The molecule has 1 unspecified atom stereocenters. The maximum Gasteiger partial charge on any atom is 0.210 e. The fraction of sp³-hybridized carbons (Fsp3) is 0.812. The first-order valence-electron chi connectivity index (χ1n) is 7.64. The molecule has 2 saturated heterocycles. The maximum atomic E-state index is 10.4. The molecule has 3 fully saturated rings. The predicted molar refractivity (Wildman–Crippen MR) is 81.0 cm³/mol. The summed E-state index contributed by atoms with van der Waals surface area (Å²) in [6.07, 6.45) is 16.9. The molecule has 0 radical (unpaired) electrons. The van der Waals surface area contributed by atoms with E-state index in [9.17, 15) is 4.79 Å². The van der Waals surface area contributed by atoms with E-state index in [-0.39, 0.29) is 0 Å². The third-order valence-electron chi connectivity index (χ3n) is 4.55. The predicted octanol–water partition coefficient (Wildman–Crippen LogP) is 1.78. The van der Waals surface area contributed by atoms with E-state index in [1.807, 2.05) is 4.90 Å². The number of amides is 1. The average Bonchev–Trinajstić information content (AvgIpc) is 3.19. The number of terminal acetylenes is 1. The zero-order valence-corrected chi connectivity index (χ0v) is 12.5. The highest BCUT2D eigenvalue weighted by molar-refractivity contribution is 5.48. The minimum atomic E-state index is 0.352. The van der Waals surface area contributed by atoms with Crippen LogP contribution >= 0.6 is 0 Å². The van der Waals surface area contributed by atoms with Gasteiger partial charge in [-0.3, -0.25) is 4.79 Å². The summed E-state index contributed by atoms with van der Waals surface area (Å²) in [4.78, 5) is 12.3. The van der Waals surface area contributed by atoms with Crippen molar-refractivity contribution in [3.05, 3.63) is 0 Å². The Morgan fingerprint density at radius 1 is 1.25 bits per heavy atom. The van der Waals surface area contributed by atoms with Gasteiger partial charge in [-0.15, -0.1) is 12.8 Å². The van der Waals surface area contributed by atoms with Crippen LogP contribution in [-0.2, 0) is 9.53 Å². The molecule has 2 aliphatic heterocycles. The summed E-state index contributed by atoms with van der Waals surface area (Å²) >= 11 is 0. The molecule has 20 heavy (non-hydrogen) atoms. The molecular weight excluding hydrogens is 252 g/mol. The molecule has 1 saturated carbocycles. The van der Waals surface area contributed by atoms with Crippen molar-refractivity contribution in [3.63, 3.8) is 0 Å². The molecule has 0 bridgehead atoms. The normalized spacial score (nSPS) is 29.7. The second kappa shape index (κ2) is 8.99. The molecule has 2 N–H and O–H groups in total. The van der Waals surface area contributed by atoms with Crippen LogP contribution in [0, 0.1) is 18.8 Å². The molecule has 0 spiro atoms. The molecule has 3 rings (SSSR count). The average molecular weight is 280 g/mol.